The van der Waals surface area contributed by atoms with E-state index in [2.05, 4.69) is 25.9 Å². The maximum Gasteiger partial charge on any atom is 0.417 e. The van der Waals surface area contributed by atoms with Crippen molar-refractivity contribution >= 4 is 35.1 Å². The number of hydrogen-bond donors (Lipinski definition) is 3. The molecule has 0 atom stereocenters. The first-order valence-corrected chi connectivity index (χ1v) is 8.53. The molecule has 0 aliphatic heterocycles. The number of carbonyl (C=O) groups is 2. The second kappa shape index (κ2) is 9.36. The van der Waals surface area contributed by atoms with Crippen molar-refractivity contribution in [3.05, 3.63) is 46.7 Å². The molecular formula is C17H17ClF3N5O2. The van der Waals surface area contributed by atoms with Crippen molar-refractivity contribution in [1.82, 2.24) is 15.3 Å². The predicted octanol–water partition coefficient (Wildman–Crippen LogP) is 3.34. The van der Waals surface area contributed by atoms with Gasteiger partial charge in [0.1, 0.15) is 11.6 Å². The first kappa shape index (κ1) is 21.4. The standard InChI is InChI=1S/C17H17ClF3N5O2/c1-10(27)26-14-7-11(3-6-22-14)16(28)24-5-2-4-23-15-13(18)8-12(9-25-15)17(19,20)21/h3,6-9H,2,4-5H2,1H3,(H,23,25)(H,24,28)(H,22,26,27). The second-order valence-electron chi connectivity index (χ2n) is 5.70. The highest BCUT2D eigenvalue weighted by Gasteiger charge is 2.31. The molecule has 150 valence electrons. The number of pyridine rings is 2. The summed E-state index contributed by atoms with van der Waals surface area (Å²) in [4.78, 5) is 30.7. The number of alkyl halides is 3. The lowest BCUT2D eigenvalue weighted by atomic mass is 10.2. The largest absolute Gasteiger partial charge is 0.417 e. The van der Waals surface area contributed by atoms with Crippen molar-refractivity contribution in [3.63, 3.8) is 0 Å². The van der Waals surface area contributed by atoms with Gasteiger partial charge in [0.2, 0.25) is 5.91 Å². The Hall–Kier alpha value is -2.88. The van der Waals surface area contributed by atoms with Gasteiger partial charge in [0.25, 0.3) is 5.91 Å². The van der Waals surface area contributed by atoms with Crippen LogP contribution in [-0.2, 0) is 11.0 Å². The molecule has 0 radical (unpaired) electrons. The lowest BCUT2D eigenvalue weighted by molar-refractivity contribution is -0.137. The van der Waals surface area contributed by atoms with Gasteiger partial charge in [0.15, 0.2) is 0 Å². The Balaban J connectivity index is 1.79. The van der Waals surface area contributed by atoms with E-state index in [9.17, 15) is 22.8 Å². The van der Waals surface area contributed by atoms with Crippen LogP contribution < -0.4 is 16.0 Å². The summed E-state index contributed by atoms with van der Waals surface area (Å²) in [6.45, 7) is 1.98. The normalized spacial score (nSPS) is 11.0. The number of aromatic nitrogens is 2. The van der Waals surface area contributed by atoms with E-state index in [1.807, 2.05) is 0 Å². The molecule has 0 saturated heterocycles. The predicted molar refractivity (Wildman–Crippen MR) is 98.2 cm³/mol. The highest BCUT2D eigenvalue weighted by molar-refractivity contribution is 6.32. The van der Waals surface area contributed by atoms with Crippen LogP contribution >= 0.6 is 11.6 Å². The fourth-order valence-electron chi connectivity index (χ4n) is 2.14. The second-order valence-corrected chi connectivity index (χ2v) is 6.11. The molecule has 0 fully saturated rings. The van der Waals surface area contributed by atoms with Crippen LogP contribution in [0.25, 0.3) is 0 Å². The zero-order chi connectivity index (χ0) is 20.7. The lowest BCUT2D eigenvalue weighted by Crippen LogP contribution is -2.26. The van der Waals surface area contributed by atoms with Gasteiger partial charge in [0.05, 0.1) is 10.6 Å². The molecule has 0 unspecified atom stereocenters. The SMILES string of the molecule is CC(=O)Nc1cc(C(=O)NCCCNc2ncc(C(F)(F)F)cc2Cl)ccn1. The maximum atomic E-state index is 12.6. The molecule has 3 N–H and O–H groups in total. The van der Waals surface area contributed by atoms with Crippen LogP contribution in [0.2, 0.25) is 5.02 Å². The Labute approximate surface area is 163 Å². The lowest BCUT2D eigenvalue weighted by Gasteiger charge is -2.11. The molecule has 28 heavy (non-hydrogen) atoms. The molecule has 2 rings (SSSR count). The highest BCUT2D eigenvalue weighted by Crippen LogP contribution is 2.32. The third-order valence-electron chi connectivity index (χ3n) is 3.43. The Morgan fingerprint density at radius 3 is 2.57 bits per heavy atom. The van der Waals surface area contributed by atoms with E-state index in [4.69, 9.17) is 11.6 Å². The van der Waals surface area contributed by atoms with E-state index in [0.29, 0.717) is 31.3 Å². The monoisotopic (exact) mass is 415 g/mol. The zero-order valence-electron chi connectivity index (χ0n) is 14.7. The van der Waals surface area contributed by atoms with Crippen molar-refractivity contribution in [2.75, 3.05) is 23.7 Å². The van der Waals surface area contributed by atoms with E-state index in [1.54, 1.807) is 0 Å². The molecular weight excluding hydrogens is 399 g/mol. The molecule has 2 amide bonds. The molecule has 7 nitrogen and oxygen atoms in total. The van der Waals surface area contributed by atoms with Gasteiger partial charge in [0, 0.05) is 38.0 Å². The quantitative estimate of drug-likeness (QED) is 0.603. The van der Waals surface area contributed by atoms with E-state index >= 15 is 0 Å². The van der Waals surface area contributed by atoms with Crippen molar-refractivity contribution in [1.29, 1.82) is 0 Å². The minimum Gasteiger partial charge on any atom is -0.369 e. The summed E-state index contributed by atoms with van der Waals surface area (Å²) in [7, 11) is 0. The van der Waals surface area contributed by atoms with Crippen LogP contribution in [0.4, 0.5) is 24.8 Å². The van der Waals surface area contributed by atoms with Crippen molar-refractivity contribution in [3.8, 4) is 0 Å². The first-order chi connectivity index (χ1) is 13.2. The Kier molecular flexibility index (Phi) is 7.16. The summed E-state index contributed by atoms with van der Waals surface area (Å²) in [6, 6.07) is 3.75. The van der Waals surface area contributed by atoms with Crippen LogP contribution in [-0.4, -0.2) is 34.9 Å². The number of hydrogen-bond acceptors (Lipinski definition) is 5. The van der Waals surface area contributed by atoms with Gasteiger partial charge < -0.3 is 16.0 Å². The molecule has 0 spiro atoms. The smallest absolute Gasteiger partial charge is 0.369 e. The van der Waals surface area contributed by atoms with Crippen LogP contribution in [0.1, 0.15) is 29.3 Å². The van der Waals surface area contributed by atoms with Crippen molar-refractivity contribution in [2.45, 2.75) is 19.5 Å². The summed E-state index contributed by atoms with van der Waals surface area (Å²) in [5, 5.41) is 7.85. The minimum atomic E-state index is -4.51. The molecule has 0 bridgehead atoms. The number of amides is 2. The van der Waals surface area contributed by atoms with Crippen LogP contribution in [0.5, 0.6) is 0 Å². The average Bonchev–Trinajstić information content (AvgIpc) is 2.61. The molecule has 0 aromatic carbocycles. The van der Waals surface area contributed by atoms with E-state index in [1.165, 1.54) is 25.3 Å². The van der Waals surface area contributed by atoms with Gasteiger partial charge in [-0.25, -0.2) is 9.97 Å². The summed E-state index contributed by atoms with van der Waals surface area (Å²) < 4.78 is 37.7. The van der Waals surface area contributed by atoms with Gasteiger partial charge >= 0.3 is 6.18 Å². The number of halogens is 4. The molecule has 2 aromatic heterocycles. The van der Waals surface area contributed by atoms with Gasteiger partial charge in [-0.1, -0.05) is 11.6 Å². The summed E-state index contributed by atoms with van der Waals surface area (Å²) in [5.74, 6) is -0.244. The molecule has 2 heterocycles. The number of anilines is 2. The summed E-state index contributed by atoms with van der Waals surface area (Å²) >= 11 is 5.80. The fourth-order valence-corrected chi connectivity index (χ4v) is 2.38. The van der Waals surface area contributed by atoms with Crippen LogP contribution in [0.15, 0.2) is 30.6 Å². The molecule has 0 saturated carbocycles. The molecule has 11 heteroatoms. The summed E-state index contributed by atoms with van der Waals surface area (Å²) in [6.07, 6.45) is -1.92. The molecule has 2 aromatic rings. The molecule has 0 aliphatic carbocycles. The van der Waals surface area contributed by atoms with Crippen LogP contribution in [0, 0.1) is 0 Å². The maximum absolute atomic E-state index is 12.6. The van der Waals surface area contributed by atoms with E-state index in [-0.39, 0.29) is 28.5 Å². The Morgan fingerprint density at radius 1 is 1.18 bits per heavy atom. The van der Waals surface area contributed by atoms with Crippen LogP contribution in [0.3, 0.4) is 0 Å². The highest BCUT2D eigenvalue weighted by atomic mass is 35.5. The third-order valence-corrected chi connectivity index (χ3v) is 3.71. The van der Waals surface area contributed by atoms with E-state index in [0.717, 1.165) is 6.07 Å². The van der Waals surface area contributed by atoms with E-state index < -0.39 is 11.7 Å². The van der Waals surface area contributed by atoms with Crippen molar-refractivity contribution in [2.24, 2.45) is 0 Å². The first-order valence-electron chi connectivity index (χ1n) is 8.15. The number of carbonyl (C=O) groups excluding carboxylic acids is 2. The number of nitrogens with zero attached hydrogens (tertiary/aromatic N) is 2. The van der Waals surface area contributed by atoms with Gasteiger partial charge in [-0.15, -0.1) is 0 Å². The molecule has 0 aliphatic rings. The van der Waals surface area contributed by atoms with Gasteiger partial charge in [-0.3, -0.25) is 9.59 Å². The topological polar surface area (TPSA) is 96.0 Å². The third kappa shape index (κ3) is 6.38. The number of nitrogens with one attached hydrogen (secondary N) is 3. The van der Waals surface area contributed by atoms with Crippen molar-refractivity contribution < 1.29 is 22.8 Å². The Morgan fingerprint density at radius 2 is 1.93 bits per heavy atom. The number of rotatable bonds is 7. The van der Waals surface area contributed by atoms with Gasteiger partial charge in [-0.2, -0.15) is 13.2 Å². The average molecular weight is 416 g/mol. The van der Waals surface area contributed by atoms with Gasteiger partial charge in [-0.05, 0) is 24.6 Å². The fraction of sp³-hybridized carbons (Fsp3) is 0.294. The minimum absolute atomic E-state index is 0.134. The Bertz CT molecular complexity index is 861. The zero-order valence-corrected chi connectivity index (χ0v) is 15.5. The summed E-state index contributed by atoms with van der Waals surface area (Å²) in [5.41, 5.74) is -0.592.